The Hall–Kier alpha value is -1.62. The van der Waals surface area contributed by atoms with Crippen molar-refractivity contribution in [2.45, 2.75) is 0 Å². The minimum absolute atomic E-state index is 0.0696. The van der Waals surface area contributed by atoms with Crippen LogP contribution in [-0.4, -0.2) is 53.3 Å². The van der Waals surface area contributed by atoms with E-state index in [0.717, 1.165) is 6.41 Å². The van der Waals surface area contributed by atoms with E-state index in [2.05, 4.69) is 4.98 Å². The van der Waals surface area contributed by atoms with Gasteiger partial charge in [-0.25, -0.2) is 4.98 Å². The van der Waals surface area contributed by atoms with Crippen LogP contribution in [0.1, 0.15) is 10.4 Å². The van der Waals surface area contributed by atoms with E-state index in [0.29, 0.717) is 36.9 Å². The molecule has 90 valence electrons. The first-order valence-corrected chi connectivity index (χ1v) is 5.68. The highest BCUT2D eigenvalue weighted by atomic mass is 35.5. The number of aromatic nitrogens is 1. The molecule has 2 rings (SSSR count). The average molecular weight is 254 g/mol. The molecule has 2 heterocycles. The first-order valence-electron chi connectivity index (χ1n) is 5.31. The molecule has 2 amide bonds. The quantitative estimate of drug-likeness (QED) is 0.574. The zero-order valence-electron chi connectivity index (χ0n) is 9.17. The molecule has 1 aliphatic heterocycles. The average Bonchev–Trinajstić information content (AvgIpc) is 2.38. The van der Waals surface area contributed by atoms with Gasteiger partial charge in [0, 0.05) is 37.9 Å². The standard InChI is InChI=1S/C11H12ClN3O2/c12-10-7-9(1-2-13-10)11(17)15-5-3-14(8-16)4-6-15/h1-2,7-8H,3-6H2. The maximum absolute atomic E-state index is 12.1. The Morgan fingerprint density at radius 2 is 2.06 bits per heavy atom. The van der Waals surface area contributed by atoms with E-state index in [1.165, 1.54) is 6.20 Å². The van der Waals surface area contributed by atoms with Crippen LogP contribution in [0.2, 0.25) is 5.15 Å². The van der Waals surface area contributed by atoms with Gasteiger partial charge < -0.3 is 9.80 Å². The van der Waals surface area contributed by atoms with Gasteiger partial charge in [0.25, 0.3) is 5.91 Å². The number of hydrogen-bond acceptors (Lipinski definition) is 3. The molecule has 1 aromatic heterocycles. The van der Waals surface area contributed by atoms with Crippen molar-refractivity contribution in [2.24, 2.45) is 0 Å². The van der Waals surface area contributed by atoms with Crippen molar-refractivity contribution in [2.75, 3.05) is 26.2 Å². The van der Waals surface area contributed by atoms with Gasteiger partial charge in [-0.2, -0.15) is 0 Å². The smallest absolute Gasteiger partial charge is 0.254 e. The van der Waals surface area contributed by atoms with E-state index < -0.39 is 0 Å². The predicted molar refractivity (Wildman–Crippen MR) is 62.8 cm³/mol. The van der Waals surface area contributed by atoms with Crippen LogP contribution < -0.4 is 0 Å². The minimum Gasteiger partial charge on any atom is -0.342 e. The summed E-state index contributed by atoms with van der Waals surface area (Å²) in [5, 5.41) is 0.308. The van der Waals surface area contributed by atoms with Crippen molar-refractivity contribution in [3.8, 4) is 0 Å². The van der Waals surface area contributed by atoms with Crippen molar-refractivity contribution in [1.29, 1.82) is 0 Å². The summed E-state index contributed by atoms with van der Waals surface area (Å²) >= 11 is 5.74. The molecule has 1 fully saturated rings. The van der Waals surface area contributed by atoms with E-state index in [1.54, 1.807) is 21.9 Å². The molecule has 0 saturated carbocycles. The summed E-state index contributed by atoms with van der Waals surface area (Å²) in [5.74, 6) is -0.0696. The lowest BCUT2D eigenvalue weighted by atomic mass is 10.2. The first-order chi connectivity index (χ1) is 8.20. The van der Waals surface area contributed by atoms with Crippen LogP contribution in [0, 0.1) is 0 Å². The summed E-state index contributed by atoms with van der Waals surface area (Å²) < 4.78 is 0. The van der Waals surface area contributed by atoms with E-state index in [4.69, 9.17) is 11.6 Å². The molecule has 0 spiro atoms. The maximum Gasteiger partial charge on any atom is 0.254 e. The van der Waals surface area contributed by atoms with Gasteiger partial charge in [0.1, 0.15) is 5.15 Å². The fourth-order valence-electron chi connectivity index (χ4n) is 1.75. The molecule has 1 saturated heterocycles. The predicted octanol–water partition coefficient (Wildman–Crippen LogP) is 0.649. The Morgan fingerprint density at radius 1 is 1.35 bits per heavy atom. The molecule has 17 heavy (non-hydrogen) atoms. The molecule has 0 radical (unpaired) electrons. The second kappa shape index (κ2) is 5.14. The normalized spacial score (nSPS) is 15.8. The SMILES string of the molecule is O=CN1CCN(C(=O)c2ccnc(Cl)c2)CC1. The van der Waals surface area contributed by atoms with Crippen molar-refractivity contribution in [1.82, 2.24) is 14.8 Å². The molecule has 0 aliphatic carbocycles. The summed E-state index contributed by atoms with van der Waals surface area (Å²) in [6.45, 7) is 2.26. The Labute approximate surface area is 104 Å². The Kier molecular flexibility index (Phi) is 3.58. The Bertz CT molecular complexity index is 430. The van der Waals surface area contributed by atoms with Crippen LogP contribution >= 0.6 is 11.6 Å². The fourth-order valence-corrected chi connectivity index (χ4v) is 1.92. The number of pyridine rings is 1. The molecular weight excluding hydrogens is 242 g/mol. The summed E-state index contributed by atoms with van der Waals surface area (Å²) in [6, 6.07) is 3.19. The molecule has 0 atom stereocenters. The van der Waals surface area contributed by atoms with E-state index in [1.807, 2.05) is 0 Å². The zero-order chi connectivity index (χ0) is 12.3. The molecule has 0 aromatic carbocycles. The number of piperazine rings is 1. The molecule has 0 N–H and O–H groups in total. The second-order valence-corrected chi connectivity index (χ2v) is 4.19. The van der Waals surface area contributed by atoms with E-state index >= 15 is 0 Å². The topological polar surface area (TPSA) is 53.5 Å². The third-order valence-corrected chi connectivity index (χ3v) is 2.93. The van der Waals surface area contributed by atoms with Gasteiger partial charge in [0.15, 0.2) is 0 Å². The van der Waals surface area contributed by atoms with Gasteiger partial charge in [-0.3, -0.25) is 9.59 Å². The molecule has 0 unspecified atom stereocenters. The lowest BCUT2D eigenvalue weighted by Crippen LogP contribution is -2.48. The molecule has 0 bridgehead atoms. The monoisotopic (exact) mass is 253 g/mol. The van der Waals surface area contributed by atoms with Crippen LogP contribution in [0.25, 0.3) is 0 Å². The number of halogens is 1. The number of hydrogen-bond donors (Lipinski definition) is 0. The first kappa shape index (κ1) is 11.9. The number of carbonyl (C=O) groups is 2. The van der Waals surface area contributed by atoms with Crippen molar-refractivity contribution in [3.05, 3.63) is 29.0 Å². The molecule has 1 aromatic rings. The molecule has 5 nitrogen and oxygen atoms in total. The Balaban J connectivity index is 2.04. The van der Waals surface area contributed by atoms with Gasteiger partial charge in [0.05, 0.1) is 0 Å². The fraction of sp³-hybridized carbons (Fsp3) is 0.364. The van der Waals surface area contributed by atoms with Crippen molar-refractivity contribution < 1.29 is 9.59 Å². The van der Waals surface area contributed by atoms with Crippen LogP contribution in [0.5, 0.6) is 0 Å². The second-order valence-electron chi connectivity index (χ2n) is 3.80. The molecular formula is C11H12ClN3O2. The van der Waals surface area contributed by atoms with Gasteiger partial charge >= 0.3 is 0 Å². The lowest BCUT2D eigenvalue weighted by molar-refractivity contribution is -0.119. The Morgan fingerprint density at radius 3 is 2.65 bits per heavy atom. The molecule has 6 heteroatoms. The van der Waals surface area contributed by atoms with Crippen LogP contribution in [0.3, 0.4) is 0 Å². The van der Waals surface area contributed by atoms with Crippen LogP contribution in [-0.2, 0) is 4.79 Å². The molecule has 1 aliphatic rings. The maximum atomic E-state index is 12.1. The summed E-state index contributed by atoms with van der Waals surface area (Å²) in [7, 11) is 0. The van der Waals surface area contributed by atoms with Gasteiger partial charge in [-0.15, -0.1) is 0 Å². The number of amides is 2. The van der Waals surface area contributed by atoms with Gasteiger partial charge in [-0.1, -0.05) is 11.6 Å². The van der Waals surface area contributed by atoms with Crippen LogP contribution in [0.4, 0.5) is 0 Å². The minimum atomic E-state index is -0.0696. The van der Waals surface area contributed by atoms with Crippen molar-refractivity contribution in [3.63, 3.8) is 0 Å². The lowest BCUT2D eigenvalue weighted by Gasteiger charge is -2.32. The van der Waals surface area contributed by atoms with E-state index in [-0.39, 0.29) is 5.91 Å². The van der Waals surface area contributed by atoms with E-state index in [9.17, 15) is 9.59 Å². The number of nitrogens with zero attached hydrogens (tertiary/aromatic N) is 3. The van der Waals surface area contributed by atoms with Crippen molar-refractivity contribution >= 4 is 23.9 Å². The summed E-state index contributed by atoms with van der Waals surface area (Å²) in [6.07, 6.45) is 2.32. The third-order valence-electron chi connectivity index (χ3n) is 2.72. The van der Waals surface area contributed by atoms with Gasteiger partial charge in [0.2, 0.25) is 6.41 Å². The summed E-state index contributed by atoms with van der Waals surface area (Å²) in [4.78, 5) is 29.8. The highest BCUT2D eigenvalue weighted by molar-refractivity contribution is 6.29. The highest BCUT2D eigenvalue weighted by Gasteiger charge is 2.21. The van der Waals surface area contributed by atoms with Crippen LogP contribution in [0.15, 0.2) is 18.3 Å². The third kappa shape index (κ3) is 2.74. The highest BCUT2D eigenvalue weighted by Crippen LogP contribution is 2.11. The van der Waals surface area contributed by atoms with Gasteiger partial charge in [-0.05, 0) is 12.1 Å². The summed E-state index contributed by atoms with van der Waals surface area (Å²) in [5.41, 5.74) is 0.532. The number of carbonyl (C=O) groups excluding carboxylic acids is 2. The largest absolute Gasteiger partial charge is 0.342 e. The zero-order valence-corrected chi connectivity index (χ0v) is 9.93. The number of rotatable bonds is 2.